The van der Waals surface area contributed by atoms with Crippen molar-refractivity contribution in [2.45, 2.75) is 64.6 Å². The Bertz CT molecular complexity index is 188. The van der Waals surface area contributed by atoms with Gasteiger partial charge in [-0.25, -0.2) is 4.79 Å². The van der Waals surface area contributed by atoms with Crippen LogP contribution in [0.4, 0.5) is 4.79 Å². The van der Waals surface area contributed by atoms with Gasteiger partial charge in [0.25, 0.3) is 0 Å². The van der Waals surface area contributed by atoms with Crippen molar-refractivity contribution < 1.29 is 24.5 Å². The van der Waals surface area contributed by atoms with E-state index < -0.39 is 18.4 Å². The molecule has 0 aromatic carbocycles. The van der Waals surface area contributed by atoms with Gasteiger partial charge in [0.2, 0.25) is 0 Å². The molecule has 108 valence electrons. The van der Waals surface area contributed by atoms with Gasteiger partial charge in [0.05, 0.1) is 12.2 Å². The summed E-state index contributed by atoms with van der Waals surface area (Å²) in [5.74, 6) is 0. The Morgan fingerprint density at radius 2 is 1.33 bits per heavy atom. The van der Waals surface area contributed by atoms with Crippen LogP contribution in [-0.4, -0.2) is 41.8 Å². The summed E-state index contributed by atoms with van der Waals surface area (Å²) in [7, 11) is 0. The molecule has 0 amide bonds. The van der Waals surface area contributed by atoms with E-state index >= 15 is 0 Å². The minimum atomic E-state index is -0.832. The van der Waals surface area contributed by atoms with Gasteiger partial charge in [-0.3, -0.25) is 0 Å². The topological polar surface area (TPSA) is 76.0 Å². The van der Waals surface area contributed by atoms with Gasteiger partial charge in [-0.05, 0) is 12.8 Å². The molecule has 0 aromatic rings. The number of carbonyl (C=O) groups is 1. The molecule has 0 aliphatic rings. The Kier molecular flexibility index (Phi) is 10.8. The molecule has 0 bridgehead atoms. The average molecular weight is 262 g/mol. The quantitative estimate of drug-likeness (QED) is 0.590. The van der Waals surface area contributed by atoms with Crippen LogP contribution >= 0.6 is 0 Å². The number of aliphatic hydroxyl groups is 2. The molecule has 2 atom stereocenters. The first kappa shape index (κ1) is 17.2. The third-order valence-corrected chi connectivity index (χ3v) is 2.57. The van der Waals surface area contributed by atoms with E-state index in [1.54, 1.807) is 0 Å². The molecule has 5 nitrogen and oxygen atoms in total. The highest BCUT2D eigenvalue weighted by molar-refractivity contribution is 5.59. The van der Waals surface area contributed by atoms with Crippen LogP contribution in [0.25, 0.3) is 0 Å². The van der Waals surface area contributed by atoms with E-state index in [2.05, 4.69) is 0 Å². The number of hydrogen-bond acceptors (Lipinski definition) is 5. The molecular weight excluding hydrogens is 236 g/mol. The van der Waals surface area contributed by atoms with Crippen LogP contribution in [0.1, 0.15) is 52.4 Å². The van der Waals surface area contributed by atoms with Gasteiger partial charge in [0.15, 0.2) is 0 Å². The Hall–Kier alpha value is -0.810. The van der Waals surface area contributed by atoms with Crippen LogP contribution in [0.5, 0.6) is 0 Å². The zero-order chi connectivity index (χ0) is 13.8. The Morgan fingerprint density at radius 1 is 0.944 bits per heavy atom. The average Bonchev–Trinajstić information content (AvgIpc) is 2.37. The second-order valence-electron chi connectivity index (χ2n) is 4.46. The maximum absolute atomic E-state index is 11.1. The Balaban J connectivity index is 3.52. The van der Waals surface area contributed by atoms with Crippen molar-refractivity contribution in [2.75, 3.05) is 13.2 Å². The van der Waals surface area contributed by atoms with Crippen molar-refractivity contribution in [3.05, 3.63) is 0 Å². The minimum Gasteiger partial charge on any atom is -0.432 e. The number of ether oxygens (including phenoxy) is 2. The molecular formula is C13H26O5. The largest absolute Gasteiger partial charge is 0.508 e. The molecule has 5 heteroatoms. The maximum Gasteiger partial charge on any atom is 0.508 e. The summed E-state index contributed by atoms with van der Waals surface area (Å²) in [5, 5.41) is 18.9. The van der Waals surface area contributed by atoms with Crippen LogP contribution in [-0.2, 0) is 9.47 Å². The van der Waals surface area contributed by atoms with Gasteiger partial charge < -0.3 is 19.7 Å². The number of rotatable bonds is 10. The summed E-state index contributed by atoms with van der Waals surface area (Å²) < 4.78 is 9.47. The molecule has 0 aliphatic heterocycles. The van der Waals surface area contributed by atoms with E-state index in [9.17, 15) is 15.0 Å². The third-order valence-electron chi connectivity index (χ3n) is 2.57. The lowest BCUT2D eigenvalue weighted by molar-refractivity contribution is -0.00535. The molecule has 0 aromatic heterocycles. The van der Waals surface area contributed by atoms with Crippen LogP contribution in [0.15, 0.2) is 0 Å². The Labute approximate surface area is 109 Å². The summed E-state index contributed by atoms with van der Waals surface area (Å²) in [6, 6.07) is 0. The van der Waals surface area contributed by atoms with E-state index in [0.717, 1.165) is 25.7 Å². The standard InChI is InChI=1S/C13H26O5/c1-3-5-7-11(14)9-17-13(16)18-10-12(15)8-6-4-2/h11-12,14-15H,3-10H2,1-2H3. The summed E-state index contributed by atoms with van der Waals surface area (Å²) >= 11 is 0. The van der Waals surface area contributed by atoms with Crippen molar-refractivity contribution in [1.82, 2.24) is 0 Å². The zero-order valence-electron chi connectivity index (χ0n) is 11.4. The van der Waals surface area contributed by atoms with Crippen LogP contribution < -0.4 is 0 Å². The van der Waals surface area contributed by atoms with Gasteiger partial charge in [0.1, 0.15) is 13.2 Å². The van der Waals surface area contributed by atoms with Gasteiger partial charge >= 0.3 is 6.16 Å². The van der Waals surface area contributed by atoms with E-state index in [1.807, 2.05) is 13.8 Å². The van der Waals surface area contributed by atoms with Crippen molar-refractivity contribution in [1.29, 1.82) is 0 Å². The number of aliphatic hydroxyl groups excluding tert-OH is 2. The van der Waals surface area contributed by atoms with E-state index in [0.29, 0.717) is 12.8 Å². The van der Waals surface area contributed by atoms with E-state index in [1.165, 1.54) is 0 Å². The lowest BCUT2D eigenvalue weighted by Crippen LogP contribution is -2.22. The highest BCUT2D eigenvalue weighted by atomic mass is 16.7. The normalized spacial score (nSPS) is 14.0. The lowest BCUT2D eigenvalue weighted by atomic mass is 10.2. The highest BCUT2D eigenvalue weighted by Crippen LogP contribution is 2.03. The van der Waals surface area contributed by atoms with E-state index in [4.69, 9.17) is 9.47 Å². The fraction of sp³-hybridized carbons (Fsp3) is 0.923. The molecule has 0 radical (unpaired) electrons. The molecule has 0 spiro atoms. The van der Waals surface area contributed by atoms with Gasteiger partial charge in [-0.2, -0.15) is 0 Å². The van der Waals surface area contributed by atoms with Crippen molar-refractivity contribution in [2.24, 2.45) is 0 Å². The molecule has 0 fully saturated rings. The Morgan fingerprint density at radius 3 is 1.67 bits per heavy atom. The minimum absolute atomic E-state index is 0.0517. The van der Waals surface area contributed by atoms with Crippen molar-refractivity contribution in [3.63, 3.8) is 0 Å². The van der Waals surface area contributed by atoms with Crippen molar-refractivity contribution in [3.8, 4) is 0 Å². The zero-order valence-corrected chi connectivity index (χ0v) is 11.4. The predicted molar refractivity (Wildman–Crippen MR) is 68.4 cm³/mol. The molecule has 0 heterocycles. The van der Waals surface area contributed by atoms with Gasteiger partial charge in [0, 0.05) is 0 Å². The second-order valence-corrected chi connectivity index (χ2v) is 4.46. The first-order valence-corrected chi connectivity index (χ1v) is 6.75. The molecule has 0 rings (SSSR count). The fourth-order valence-corrected chi connectivity index (χ4v) is 1.42. The summed E-state index contributed by atoms with van der Waals surface area (Å²) in [4.78, 5) is 11.1. The third kappa shape index (κ3) is 10.4. The summed E-state index contributed by atoms with van der Waals surface area (Å²) in [5.41, 5.74) is 0. The first-order chi connectivity index (χ1) is 8.60. The number of unbranched alkanes of at least 4 members (excludes halogenated alkanes) is 2. The molecule has 0 saturated carbocycles. The second kappa shape index (κ2) is 11.3. The lowest BCUT2D eigenvalue weighted by Gasteiger charge is -2.13. The van der Waals surface area contributed by atoms with Crippen LogP contribution in [0.3, 0.4) is 0 Å². The maximum atomic E-state index is 11.1. The predicted octanol–water partition coefficient (Wildman–Crippen LogP) is 2.24. The number of hydrogen-bond donors (Lipinski definition) is 2. The monoisotopic (exact) mass is 262 g/mol. The molecule has 2 N–H and O–H groups in total. The van der Waals surface area contributed by atoms with E-state index in [-0.39, 0.29) is 13.2 Å². The number of carbonyl (C=O) groups excluding carboxylic acids is 1. The highest BCUT2D eigenvalue weighted by Gasteiger charge is 2.11. The van der Waals surface area contributed by atoms with Crippen LogP contribution in [0.2, 0.25) is 0 Å². The van der Waals surface area contributed by atoms with Crippen LogP contribution in [0, 0.1) is 0 Å². The molecule has 0 saturated heterocycles. The first-order valence-electron chi connectivity index (χ1n) is 6.75. The SMILES string of the molecule is CCCCC(O)COC(=O)OCC(O)CCCC. The summed E-state index contributed by atoms with van der Waals surface area (Å²) in [6.07, 6.45) is 2.90. The van der Waals surface area contributed by atoms with Crippen molar-refractivity contribution >= 4 is 6.16 Å². The van der Waals surface area contributed by atoms with Gasteiger partial charge in [-0.15, -0.1) is 0 Å². The molecule has 0 aliphatic carbocycles. The fourth-order valence-electron chi connectivity index (χ4n) is 1.42. The summed E-state index contributed by atoms with van der Waals surface area (Å²) in [6.45, 7) is 3.95. The van der Waals surface area contributed by atoms with Gasteiger partial charge in [-0.1, -0.05) is 39.5 Å². The smallest absolute Gasteiger partial charge is 0.432 e. The molecule has 2 unspecified atom stereocenters. The molecule has 18 heavy (non-hydrogen) atoms.